The van der Waals surface area contributed by atoms with Gasteiger partial charge in [0, 0.05) is 38.3 Å². The smallest absolute Gasteiger partial charge is 0.0547 e. The van der Waals surface area contributed by atoms with Gasteiger partial charge in [-0.1, -0.05) is 98.8 Å². The molecule has 0 atom stereocenters. The van der Waals surface area contributed by atoms with Gasteiger partial charge in [0.05, 0.1) is 22.1 Å². The fourth-order valence-corrected chi connectivity index (χ4v) is 7.48. The number of para-hydroxylation sites is 3. The van der Waals surface area contributed by atoms with Crippen LogP contribution < -0.4 is 0 Å². The van der Waals surface area contributed by atoms with E-state index in [4.69, 9.17) is 0 Å². The normalized spacial score (nSPS) is 13.8. The Labute approximate surface area is 238 Å². The lowest BCUT2D eigenvalue weighted by molar-refractivity contribution is 0.661. The average Bonchev–Trinajstić information content (AvgIpc) is 3.61. The second-order valence-electron chi connectivity index (χ2n) is 11.8. The van der Waals surface area contributed by atoms with Gasteiger partial charge in [-0.2, -0.15) is 0 Å². The van der Waals surface area contributed by atoms with E-state index >= 15 is 0 Å². The molecule has 0 saturated carbocycles. The van der Waals surface area contributed by atoms with Crippen molar-refractivity contribution in [3.8, 4) is 22.5 Å². The summed E-state index contributed by atoms with van der Waals surface area (Å²) in [6, 6.07) is 49.0. The zero-order valence-electron chi connectivity index (χ0n) is 23.1. The van der Waals surface area contributed by atoms with Crippen LogP contribution in [0.25, 0.3) is 66.1 Å². The molecule has 41 heavy (non-hydrogen) atoms. The van der Waals surface area contributed by atoms with Crippen molar-refractivity contribution < 1.29 is 0 Å². The van der Waals surface area contributed by atoms with Gasteiger partial charge < -0.3 is 9.13 Å². The molecule has 194 valence electrons. The van der Waals surface area contributed by atoms with Gasteiger partial charge in [-0.15, -0.1) is 0 Å². The molecule has 2 aromatic heterocycles. The second-order valence-corrected chi connectivity index (χ2v) is 11.8. The molecule has 2 heteroatoms. The Kier molecular flexibility index (Phi) is 4.42. The number of rotatable bonds is 2. The zero-order chi connectivity index (χ0) is 27.3. The summed E-state index contributed by atoms with van der Waals surface area (Å²) >= 11 is 0. The molecule has 2 nitrogen and oxygen atoms in total. The molecular formula is C39H28N2. The second kappa shape index (κ2) is 7.99. The zero-order valence-corrected chi connectivity index (χ0v) is 23.1. The Morgan fingerprint density at radius 2 is 0.902 bits per heavy atom. The van der Waals surface area contributed by atoms with Crippen molar-refractivity contribution >= 4 is 43.6 Å². The topological polar surface area (TPSA) is 9.86 Å². The summed E-state index contributed by atoms with van der Waals surface area (Å²) < 4.78 is 4.82. The monoisotopic (exact) mass is 524 g/mol. The molecule has 0 aliphatic heterocycles. The van der Waals surface area contributed by atoms with E-state index in [0.29, 0.717) is 0 Å². The van der Waals surface area contributed by atoms with Crippen LogP contribution >= 0.6 is 0 Å². The molecule has 6 aromatic carbocycles. The Bertz CT molecular complexity index is 2270. The van der Waals surface area contributed by atoms with E-state index < -0.39 is 0 Å². The predicted molar refractivity (Wildman–Crippen MR) is 173 cm³/mol. The van der Waals surface area contributed by atoms with Crippen LogP contribution in [0.5, 0.6) is 0 Å². The number of hydrogen-bond donors (Lipinski definition) is 0. The van der Waals surface area contributed by atoms with Crippen molar-refractivity contribution in [3.05, 3.63) is 145 Å². The quantitative estimate of drug-likeness (QED) is 0.213. The first-order valence-electron chi connectivity index (χ1n) is 14.4. The predicted octanol–water partition coefficient (Wildman–Crippen LogP) is 10.2. The van der Waals surface area contributed by atoms with E-state index in [0.717, 1.165) is 0 Å². The highest BCUT2D eigenvalue weighted by molar-refractivity contribution is 6.18. The van der Waals surface area contributed by atoms with Gasteiger partial charge >= 0.3 is 0 Å². The average molecular weight is 525 g/mol. The van der Waals surface area contributed by atoms with Crippen molar-refractivity contribution in [2.75, 3.05) is 0 Å². The Balaban J connectivity index is 1.29. The Hall–Kier alpha value is -5.08. The molecule has 8 aromatic rings. The van der Waals surface area contributed by atoms with E-state index in [1.54, 1.807) is 0 Å². The minimum atomic E-state index is -0.0206. The van der Waals surface area contributed by atoms with Crippen LogP contribution in [-0.4, -0.2) is 9.13 Å². The lowest BCUT2D eigenvalue weighted by Gasteiger charge is -2.21. The van der Waals surface area contributed by atoms with Crippen molar-refractivity contribution in [1.29, 1.82) is 0 Å². The maximum absolute atomic E-state index is 2.44. The van der Waals surface area contributed by atoms with Gasteiger partial charge in [0.15, 0.2) is 0 Å². The summed E-state index contributed by atoms with van der Waals surface area (Å²) in [4.78, 5) is 0. The molecule has 2 heterocycles. The van der Waals surface area contributed by atoms with E-state index in [9.17, 15) is 0 Å². The van der Waals surface area contributed by atoms with Crippen LogP contribution in [0.15, 0.2) is 133 Å². The minimum absolute atomic E-state index is 0.0206. The van der Waals surface area contributed by atoms with Gasteiger partial charge in [-0.05, 0) is 70.8 Å². The lowest BCUT2D eigenvalue weighted by Crippen LogP contribution is -2.14. The highest BCUT2D eigenvalue weighted by Crippen LogP contribution is 2.53. The number of benzene rings is 6. The maximum Gasteiger partial charge on any atom is 0.0547 e. The highest BCUT2D eigenvalue weighted by Gasteiger charge is 2.37. The number of aromatic nitrogens is 2. The molecule has 0 N–H and O–H groups in total. The summed E-state index contributed by atoms with van der Waals surface area (Å²) in [7, 11) is 0. The first kappa shape index (κ1) is 22.7. The lowest BCUT2D eigenvalue weighted by atomic mass is 9.82. The van der Waals surface area contributed by atoms with Gasteiger partial charge in [0.25, 0.3) is 0 Å². The van der Waals surface area contributed by atoms with Gasteiger partial charge in [-0.3, -0.25) is 0 Å². The van der Waals surface area contributed by atoms with Crippen LogP contribution in [0.4, 0.5) is 0 Å². The molecular weight excluding hydrogens is 496 g/mol. The summed E-state index contributed by atoms with van der Waals surface area (Å²) in [5.41, 5.74) is 12.9. The van der Waals surface area contributed by atoms with Crippen LogP contribution in [-0.2, 0) is 5.41 Å². The first-order valence-corrected chi connectivity index (χ1v) is 14.4. The van der Waals surface area contributed by atoms with Gasteiger partial charge in [0.2, 0.25) is 0 Å². The third-order valence-electron chi connectivity index (χ3n) is 9.33. The maximum atomic E-state index is 2.44. The molecule has 9 rings (SSSR count). The van der Waals surface area contributed by atoms with Crippen molar-refractivity contribution in [2.24, 2.45) is 0 Å². The highest BCUT2D eigenvalue weighted by atomic mass is 15.0. The van der Waals surface area contributed by atoms with Crippen molar-refractivity contribution in [2.45, 2.75) is 19.3 Å². The molecule has 0 saturated heterocycles. The number of fused-ring (bicyclic) bond motifs is 10. The molecule has 0 amide bonds. The summed E-state index contributed by atoms with van der Waals surface area (Å²) in [5.74, 6) is 0. The molecule has 1 aliphatic carbocycles. The molecule has 0 fully saturated rings. The minimum Gasteiger partial charge on any atom is -0.309 e. The first-order chi connectivity index (χ1) is 20.1. The van der Waals surface area contributed by atoms with Crippen molar-refractivity contribution in [1.82, 2.24) is 9.13 Å². The SMILES string of the molecule is CC1(C)c2ccccc2-c2c1ccc1c2c2ccccc2n1-c1ccc(-n2c3ccccc3c3ccccc32)cc1. The van der Waals surface area contributed by atoms with E-state index in [-0.39, 0.29) is 5.41 Å². The molecule has 0 unspecified atom stereocenters. The summed E-state index contributed by atoms with van der Waals surface area (Å²) in [6.45, 7) is 4.71. The molecule has 0 bridgehead atoms. The van der Waals surface area contributed by atoms with Crippen LogP contribution in [0.3, 0.4) is 0 Å². The van der Waals surface area contributed by atoms with Gasteiger partial charge in [0.1, 0.15) is 0 Å². The number of nitrogens with zero attached hydrogens (tertiary/aromatic N) is 2. The summed E-state index contributed by atoms with van der Waals surface area (Å²) in [5, 5.41) is 5.22. The van der Waals surface area contributed by atoms with E-state index in [2.05, 4.69) is 156 Å². The molecule has 1 aliphatic rings. The van der Waals surface area contributed by atoms with Crippen LogP contribution in [0.2, 0.25) is 0 Å². The standard InChI is InChI=1S/C39H28N2/c1-39(2)31-15-7-3-13-29(31)37-32(39)23-24-36-38(37)30-14-6-10-18-35(30)41(36)26-21-19-25(20-22-26)40-33-16-8-4-11-27(33)28-12-5-9-17-34(28)40/h3-24H,1-2H3. The molecule has 0 radical (unpaired) electrons. The van der Waals surface area contributed by atoms with Crippen LogP contribution in [0.1, 0.15) is 25.0 Å². The van der Waals surface area contributed by atoms with E-state index in [1.165, 1.54) is 77.2 Å². The Morgan fingerprint density at radius 1 is 0.415 bits per heavy atom. The van der Waals surface area contributed by atoms with E-state index in [1.807, 2.05) is 0 Å². The third kappa shape index (κ3) is 2.92. The fourth-order valence-electron chi connectivity index (χ4n) is 7.48. The third-order valence-corrected chi connectivity index (χ3v) is 9.33. The van der Waals surface area contributed by atoms with Crippen LogP contribution in [0, 0.1) is 0 Å². The largest absolute Gasteiger partial charge is 0.309 e. The summed E-state index contributed by atoms with van der Waals surface area (Å²) in [6.07, 6.45) is 0. The fraction of sp³-hybridized carbons (Fsp3) is 0.0769. The number of hydrogen-bond acceptors (Lipinski definition) is 0. The van der Waals surface area contributed by atoms with Gasteiger partial charge in [-0.25, -0.2) is 0 Å². The van der Waals surface area contributed by atoms with Crippen molar-refractivity contribution in [3.63, 3.8) is 0 Å². The Morgan fingerprint density at radius 3 is 1.54 bits per heavy atom. The molecule has 0 spiro atoms.